The van der Waals surface area contributed by atoms with Gasteiger partial charge < -0.3 is 4.74 Å². The maximum atomic E-state index is 11.6. The fourth-order valence-electron chi connectivity index (χ4n) is 2.73. The van der Waals surface area contributed by atoms with E-state index < -0.39 is 9.84 Å². The third-order valence-electron chi connectivity index (χ3n) is 3.86. The van der Waals surface area contributed by atoms with Crippen LogP contribution in [0.1, 0.15) is 12.0 Å². The maximum Gasteiger partial charge on any atom is 0.150 e. The highest BCUT2D eigenvalue weighted by Crippen LogP contribution is 2.33. The number of ether oxygens (including phenoxy) is 1. The summed E-state index contributed by atoms with van der Waals surface area (Å²) in [6.07, 6.45) is 1.52. The SMILES string of the molecule is COc1ccc(Cl)cc1CC(CBr)C1CCS(=O)(=O)C1. The van der Waals surface area contributed by atoms with Gasteiger partial charge in [0.2, 0.25) is 0 Å². The first-order valence-corrected chi connectivity index (χ1v) is 9.86. The van der Waals surface area contributed by atoms with Crippen LogP contribution >= 0.6 is 27.5 Å². The van der Waals surface area contributed by atoms with Gasteiger partial charge in [-0.15, -0.1) is 0 Å². The Balaban J connectivity index is 2.16. The van der Waals surface area contributed by atoms with E-state index in [9.17, 15) is 8.42 Å². The Morgan fingerprint density at radius 1 is 1.50 bits per heavy atom. The van der Waals surface area contributed by atoms with Crippen molar-refractivity contribution in [3.05, 3.63) is 28.8 Å². The lowest BCUT2D eigenvalue weighted by Gasteiger charge is -2.21. The van der Waals surface area contributed by atoms with Gasteiger partial charge in [-0.2, -0.15) is 0 Å². The monoisotopic (exact) mass is 380 g/mol. The number of rotatable bonds is 5. The second-order valence-electron chi connectivity index (χ2n) is 5.24. The Morgan fingerprint density at radius 2 is 2.25 bits per heavy atom. The van der Waals surface area contributed by atoms with Crippen molar-refractivity contribution in [1.29, 1.82) is 0 Å². The summed E-state index contributed by atoms with van der Waals surface area (Å²) in [5.74, 6) is 1.91. The number of methoxy groups -OCH3 is 1. The first-order chi connectivity index (χ1) is 9.45. The molecule has 1 heterocycles. The van der Waals surface area contributed by atoms with Crippen molar-refractivity contribution in [2.45, 2.75) is 12.8 Å². The molecule has 0 aliphatic carbocycles. The minimum atomic E-state index is -2.84. The van der Waals surface area contributed by atoms with Crippen LogP contribution in [0.5, 0.6) is 5.75 Å². The predicted molar refractivity (Wildman–Crippen MR) is 85.8 cm³/mol. The van der Waals surface area contributed by atoms with E-state index in [2.05, 4.69) is 15.9 Å². The van der Waals surface area contributed by atoms with Crippen molar-refractivity contribution < 1.29 is 13.2 Å². The van der Waals surface area contributed by atoms with E-state index in [1.807, 2.05) is 12.1 Å². The molecule has 1 aromatic rings. The van der Waals surface area contributed by atoms with Crippen LogP contribution in [0.25, 0.3) is 0 Å². The Kier molecular flexibility index (Phi) is 5.37. The molecule has 20 heavy (non-hydrogen) atoms. The van der Waals surface area contributed by atoms with E-state index in [0.29, 0.717) is 16.5 Å². The van der Waals surface area contributed by atoms with Gasteiger partial charge in [-0.3, -0.25) is 0 Å². The molecule has 6 heteroatoms. The number of alkyl halides is 1. The van der Waals surface area contributed by atoms with E-state index in [-0.39, 0.29) is 11.8 Å². The van der Waals surface area contributed by atoms with E-state index in [4.69, 9.17) is 16.3 Å². The standard InChI is InChI=1S/C14H18BrClO3S/c1-19-14-3-2-13(16)7-11(14)6-12(8-15)10-4-5-20(17,18)9-10/h2-3,7,10,12H,4-6,8-9H2,1H3. The van der Waals surface area contributed by atoms with Gasteiger partial charge >= 0.3 is 0 Å². The molecular formula is C14H18BrClO3S. The van der Waals surface area contributed by atoms with Crippen LogP contribution < -0.4 is 4.74 Å². The highest BCUT2D eigenvalue weighted by atomic mass is 79.9. The van der Waals surface area contributed by atoms with Crippen LogP contribution in [0, 0.1) is 11.8 Å². The summed E-state index contributed by atoms with van der Waals surface area (Å²) in [4.78, 5) is 0. The van der Waals surface area contributed by atoms with Gasteiger partial charge in [0.05, 0.1) is 18.6 Å². The van der Waals surface area contributed by atoms with Crippen molar-refractivity contribution in [1.82, 2.24) is 0 Å². The van der Waals surface area contributed by atoms with Gasteiger partial charge in [-0.25, -0.2) is 8.42 Å². The largest absolute Gasteiger partial charge is 0.496 e. The molecule has 0 spiro atoms. The molecule has 2 atom stereocenters. The molecule has 2 rings (SSSR count). The molecule has 0 N–H and O–H groups in total. The molecule has 1 fully saturated rings. The molecule has 0 radical (unpaired) electrons. The molecule has 1 aliphatic rings. The number of hydrogen-bond donors (Lipinski definition) is 0. The highest BCUT2D eigenvalue weighted by Gasteiger charge is 2.33. The van der Waals surface area contributed by atoms with Gasteiger partial charge in [0.25, 0.3) is 0 Å². The van der Waals surface area contributed by atoms with E-state index in [0.717, 1.165) is 29.5 Å². The predicted octanol–water partition coefficient (Wildman–Crippen LogP) is 3.34. The van der Waals surface area contributed by atoms with Crippen molar-refractivity contribution >= 4 is 37.4 Å². The topological polar surface area (TPSA) is 43.4 Å². The van der Waals surface area contributed by atoms with Gasteiger partial charge in [-0.1, -0.05) is 27.5 Å². The Labute approximate surface area is 133 Å². The number of halogens is 2. The fourth-order valence-corrected chi connectivity index (χ4v) is 5.60. The normalized spacial score (nSPS) is 22.6. The molecular weight excluding hydrogens is 364 g/mol. The van der Waals surface area contributed by atoms with Crippen LogP contribution in [-0.2, 0) is 16.3 Å². The zero-order valence-corrected chi connectivity index (χ0v) is 14.5. The smallest absolute Gasteiger partial charge is 0.150 e. The summed E-state index contributed by atoms with van der Waals surface area (Å²) in [7, 11) is -1.21. The molecule has 112 valence electrons. The van der Waals surface area contributed by atoms with Crippen molar-refractivity contribution in [2.75, 3.05) is 23.9 Å². The Hall–Kier alpha value is -0.260. The zero-order valence-electron chi connectivity index (χ0n) is 11.3. The molecule has 0 aromatic heterocycles. The summed E-state index contributed by atoms with van der Waals surface area (Å²) in [6, 6.07) is 5.56. The average molecular weight is 382 g/mol. The lowest BCUT2D eigenvalue weighted by molar-refractivity contribution is 0.380. The molecule has 1 aromatic carbocycles. The fraction of sp³-hybridized carbons (Fsp3) is 0.571. The van der Waals surface area contributed by atoms with Crippen molar-refractivity contribution in [2.24, 2.45) is 11.8 Å². The minimum absolute atomic E-state index is 0.211. The van der Waals surface area contributed by atoms with E-state index >= 15 is 0 Å². The van der Waals surface area contributed by atoms with Gasteiger partial charge in [-0.05, 0) is 48.4 Å². The second-order valence-corrected chi connectivity index (χ2v) is 8.55. The first kappa shape index (κ1) is 16.1. The first-order valence-electron chi connectivity index (χ1n) is 6.54. The van der Waals surface area contributed by atoms with Crippen LogP contribution in [0.4, 0.5) is 0 Å². The minimum Gasteiger partial charge on any atom is -0.496 e. The number of benzene rings is 1. The van der Waals surface area contributed by atoms with Crippen LogP contribution in [0.15, 0.2) is 18.2 Å². The third kappa shape index (κ3) is 3.89. The summed E-state index contributed by atoms with van der Waals surface area (Å²) >= 11 is 9.56. The van der Waals surface area contributed by atoms with Gasteiger partial charge in [0.15, 0.2) is 9.84 Å². The molecule has 2 unspecified atom stereocenters. The maximum absolute atomic E-state index is 11.6. The van der Waals surface area contributed by atoms with Gasteiger partial charge in [0, 0.05) is 10.4 Å². The summed E-state index contributed by atoms with van der Waals surface area (Å²) < 4.78 is 28.6. The molecule has 0 bridgehead atoms. The van der Waals surface area contributed by atoms with Crippen LogP contribution in [-0.4, -0.2) is 32.4 Å². The lowest BCUT2D eigenvalue weighted by Crippen LogP contribution is -2.20. The van der Waals surface area contributed by atoms with Crippen LogP contribution in [0.3, 0.4) is 0 Å². The number of sulfone groups is 1. The van der Waals surface area contributed by atoms with Gasteiger partial charge in [0.1, 0.15) is 5.75 Å². The second kappa shape index (κ2) is 6.67. The summed E-state index contributed by atoms with van der Waals surface area (Å²) in [5.41, 5.74) is 1.04. The molecule has 1 aliphatic heterocycles. The number of hydrogen-bond acceptors (Lipinski definition) is 3. The average Bonchev–Trinajstić information content (AvgIpc) is 2.76. The quantitative estimate of drug-likeness (QED) is 0.735. The molecule has 0 saturated carbocycles. The van der Waals surface area contributed by atoms with Crippen LogP contribution in [0.2, 0.25) is 5.02 Å². The summed E-state index contributed by atoms with van der Waals surface area (Å²) in [5, 5.41) is 1.45. The van der Waals surface area contributed by atoms with E-state index in [1.54, 1.807) is 13.2 Å². The summed E-state index contributed by atoms with van der Waals surface area (Å²) in [6.45, 7) is 0. The Bertz CT molecular complexity index is 574. The third-order valence-corrected chi connectivity index (χ3v) is 6.72. The molecule has 0 amide bonds. The van der Waals surface area contributed by atoms with E-state index in [1.165, 1.54) is 0 Å². The molecule has 1 saturated heterocycles. The lowest BCUT2D eigenvalue weighted by atomic mass is 9.88. The van der Waals surface area contributed by atoms with Crippen molar-refractivity contribution in [3.8, 4) is 5.75 Å². The molecule has 3 nitrogen and oxygen atoms in total. The highest BCUT2D eigenvalue weighted by molar-refractivity contribution is 9.09. The van der Waals surface area contributed by atoms with Crippen molar-refractivity contribution in [3.63, 3.8) is 0 Å². The Morgan fingerprint density at radius 3 is 2.80 bits per heavy atom. The zero-order chi connectivity index (χ0) is 14.8.